The molecule has 4 rings (SSSR count). The summed E-state index contributed by atoms with van der Waals surface area (Å²) in [6.07, 6.45) is 1.65. The number of H-pyrrole nitrogens is 1. The number of nitrogens with zero attached hydrogens (tertiary/aromatic N) is 3. The average molecular weight is 367 g/mol. The van der Waals surface area contributed by atoms with Crippen LogP contribution in [0.4, 0.5) is 0 Å². The highest BCUT2D eigenvalue weighted by Gasteiger charge is 2.33. The van der Waals surface area contributed by atoms with E-state index in [0.29, 0.717) is 25.4 Å². The molecule has 0 radical (unpaired) electrons. The predicted octanol–water partition coefficient (Wildman–Crippen LogP) is 1.32. The number of benzene rings is 1. The van der Waals surface area contributed by atoms with Crippen LogP contribution in [0.5, 0.6) is 0 Å². The van der Waals surface area contributed by atoms with Crippen molar-refractivity contribution in [1.29, 1.82) is 0 Å². The van der Waals surface area contributed by atoms with Gasteiger partial charge in [-0.25, -0.2) is 0 Å². The SMILES string of the molecule is COCCNC(=O)[C@H]1CN(C(=O)c2cc3ccccc3[nH]2)Cc2ccnn21. The van der Waals surface area contributed by atoms with E-state index in [0.717, 1.165) is 16.6 Å². The highest BCUT2D eigenvalue weighted by molar-refractivity contribution is 5.98. The summed E-state index contributed by atoms with van der Waals surface area (Å²) in [5, 5.41) is 8.08. The van der Waals surface area contributed by atoms with E-state index in [1.165, 1.54) is 0 Å². The van der Waals surface area contributed by atoms with Gasteiger partial charge in [-0.15, -0.1) is 0 Å². The molecule has 1 atom stereocenters. The van der Waals surface area contributed by atoms with Crippen LogP contribution in [0.15, 0.2) is 42.6 Å². The van der Waals surface area contributed by atoms with E-state index in [1.807, 2.05) is 36.4 Å². The van der Waals surface area contributed by atoms with Gasteiger partial charge in [-0.2, -0.15) is 5.10 Å². The van der Waals surface area contributed by atoms with E-state index in [4.69, 9.17) is 4.74 Å². The zero-order valence-corrected chi connectivity index (χ0v) is 15.0. The smallest absolute Gasteiger partial charge is 0.270 e. The van der Waals surface area contributed by atoms with Gasteiger partial charge >= 0.3 is 0 Å². The van der Waals surface area contributed by atoms with Gasteiger partial charge in [0.1, 0.15) is 11.7 Å². The first-order valence-electron chi connectivity index (χ1n) is 8.83. The first-order valence-corrected chi connectivity index (χ1v) is 8.83. The van der Waals surface area contributed by atoms with Crippen molar-refractivity contribution >= 4 is 22.7 Å². The Morgan fingerprint density at radius 2 is 2.19 bits per heavy atom. The lowest BCUT2D eigenvalue weighted by Gasteiger charge is -2.33. The molecule has 2 aromatic heterocycles. The number of nitrogens with one attached hydrogen (secondary N) is 2. The van der Waals surface area contributed by atoms with E-state index in [1.54, 1.807) is 22.9 Å². The van der Waals surface area contributed by atoms with Gasteiger partial charge in [-0.05, 0) is 18.2 Å². The van der Waals surface area contributed by atoms with Gasteiger partial charge in [0, 0.05) is 30.8 Å². The molecule has 3 aromatic rings. The molecule has 27 heavy (non-hydrogen) atoms. The van der Waals surface area contributed by atoms with Gasteiger partial charge in [0.25, 0.3) is 5.91 Å². The quantitative estimate of drug-likeness (QED) is 0.666. The fourth-order valence-electron chi connectivity index (χ4n) is 3.40. The molecular weight excluding hydrogens is 346 g/mol. The van der Waals surface area contributed by atoms with Crippen LogP contribution in [-0.4, -0.2) is 58.3 Å². The largest absolute Gasteiger partial charge is 0.383 e. The van der Waals surface area contributed by atoms with Crippen molar-refractivity contribution in [1.82, 2.24) is 25.0 Å². The average Bonchev–Trinajstić information content (AvgIpc) is 3.33. The number of aromatic amines is 1. The second-order valence-corrected chi connectivity index (χ2v) is 6.52. The lowest BCUT2D eigenvalue weighted by atomic mass is 10.1. The van der Waals surface area contributed by atoms with Crippen LogP contribution in [0.2, 0.25) is 0 Å². The maximum absolute atomic E-state index is 13.0. The first kappa shape index (κ1) is 17.3. The van der Waals surface area contributed by atoms with Crippen LogP contribution in [0, 0.1) is 0 Å². The third kappa shape index (κ3) is 3.31. The van der Waals surface area contributed by atoms with Gasteiger partial charge in [0.2, 0.25) is 5.91 Å². The van der Waals surface area contributed by atoms with Gasteiger partial charge in [-0.1, -0.05) is 18.2 Å². The Kier molecular flexibility index (Phi) is 4.64. The first-order chi connectivity index (χ1) is 13.2. The number of para-hydroxylation sites is 1. The highest BCUT2D eigenvalue weighted by atomic mass is 16.5. The van der Waals surface area contributed by atoms with Crippen LogP contribution < -0.4 is 5.32 Å². The Morgan fingerprint density at radius 3 is 3.00 bits per heavy atom. The van der Waals surface area contributed by atoms with E-state index >= 15 is 0 Å². The molecule has 0 unspecified atom stereocenters. The molecule has 0 fully saturated rings. The molecule has 0 spiro atoms. The molecule has 8 nitrogen and oxygen atoms in total. The summed E-state index contributed by atoms with van der Waals surface area (Å²) < 4.78 is 6.67. The van der Waals surface area contributed by atoms with Crippen molar-refractivity contribution in [3.8, 4) is 0 Å². The summed E-state index contributed by atoms with van der Waals surface area (Å²) in [6.45, 7) is 1.53. The number of hydrogen-bond donors (Lipinski definition) is 2. The molecule has 1 aromatic carbocycles. The third-order valence-corrected chi connectivity index (χ3v) is 4.75. The van der Waals surface area contributed by atoms with Crippen molar-refractivity contribution in [3.63, 3.8) is 0 Å². The zero-order chi connectivity index (χ0) is 18.8. The van der Waals surface area contributed by atoms with Gasteiger partial charge in [0.05, 0.1) is 25.4 Å². The fourth-order valence-corrected chi connectivity index (χ4v) is 3.40. The van der Waals surface area contributed by atoms with E-state index < -0.39 is 6.04 Å². The Hall–Kier alpha value is -3.13. The topological polar surface area (TPSA) is 92.2 Å². The van der Waals surface area contributed by atoms with Crippen LogP contribution in [0.1, 0.15) is 22.2 Å². The molecule has 2 amide bonds. The standard InChI is InChI=1S/C19H21N5O3/c1-27-9-8-20-18(25)17-12-23(11-14-6-7-21-24(14)17)19(26)16-10-13-4-2-3-5-15(13)22-16/h2-7,10,17,22H,8-9,11-12H2,1H3,(H,20,25)/t17-/m1/s1. The van der Waals surface area contributed by atoms with Crippen molar-refractivity contribution in [2.24, 2.45) is 0 Å². The Balaban J connectivity index is 1.57. The summed E-state index contributed by atoms with van der Waals surface area (Å²) in [5.74, 6) is -0.306. The van der Waals surface area contributed by atoms with E-state index in [-0.39, 0.29) is 18.4 Å². The number of ether oxygens (including phenoxy) is 1. The molecule has 8 heteroatoms. The number of carbonyl (C=O) groups is 2. The number of amides is 2. The molecule has 0 aliphatic carbocycles. The van der Waals surface area contributed by atoms with Crippen molar-refractivity contribution in [2.45, 2.75) is 12.6 Å². The summed E-state index contributed by atoms with van der Waals surface area (Å²) in [4.78, 5) is 30.5. The Bertz CT molecular complexity index is 944. The third-order valence-electron chi connectivity index (χ3n) is 4.75. The van der Waals surface area contributed by atoms with Gasteiger partial charge in [-0.3, -0.25) is 14.3 Å². The molecule has 1 aliphatic rings. The van der Waals surface area contributed by atoms with E-state index in [2.05, 4.69) is 15.4 Å². The fraction of sp³-hybridized carbons (Fsp3) is 0.316. The van der Waals surface area contributed by atoms with Crippen molar-refractivity contribution < 1.29 is 14.3 Å². The zero-order valence-electron chi connectivity index (χ0n) is 15.0. The Morgan fingerprint density at radius 1 is 1.33 bits per heavy atom. The molecule has 3 heterocycles. The highest BCUT2D eigenvalue weighted by Crippen LogP contribution is 2.23. The van der Waals surface area contributed by atoms with Gasteiger partial charge in [0.15, 0.2) is 0 Å². The van der Waals surface area contributed by atoms with Crippen LogP contribution in [0.25, 0.3) is 10.9 Å². The molecule has 2 N–H and O–H groups in total. The number of hydrogen-bond acceptors (Lipinski definition) is 4. The minimum atomic E-state index is -0.561. The summed E-state index contributed by atoms with van der Waals surface area (Å²) >= 11 is 0. The van der Waals surface area contributed by atoms with Crippen LogP contribution >= 0.6 is 0 Å². The number of methoxy groups -OCH3 is 1. The maximum Gasteiger partial charge on any atom is 0.270 e. The number of aromatic nitrogens is 3. The summed E-state index contributed by atoms with van der Waals surface area (Å²) in [6, 6.07) is 10.9. The minimum Gasteiger partial charge on any atom is -0.383 e. The lowest BCUT2D eigenvalue weighted by Crippen LogP contribution is -2.47. The second kappa shape index (κ2) is 7.24. The molecule has 0 saturated carbocycles. The normalized spacial score (nSPS) is 16.3. The van der Waals surface area contributed by atoms with Crippen molar-refractivity contribution in [2.75, 3.05) is 26.8 Å². The molecule has 0 bridgehead atoms. The van der Waals surface area contributed by atoms with Crippen LogP contribution in [0.3, 0.4) is 0 Å². The van der Waals surface area contributed by atoms with E-state index in [9.17, 15) is 9.59 Å². The lowest BCUT2D eigenvalue weighted by molar-refractivity contribution is -0.125. The number of carbonyl (C=O) groups excluding carboxylic acids is 2. The Labute approximate surface area is 156 Å². The summed E-state index contributed by atoms with van der Waals surface area (Å²) in [7, 11) is 1.58. The second-order valence-electron chi connectivity index (χ2n) is 6.52. The molecular formula is C19H21N5O3. The van der Waals surface area contributed by atoms with Gasteiger partial charge < -0.3 is 19.9 Å². The molecule has 1 aliphatic heterocycles. The minimum absolute atomic E-state index is 0.131. The molecule has 0 saturated heterocycles. The monoisotopic (exact) mass is 367 g/mol. The van der Waals surface area contributed by atoms with Crippen LogP contribution in [-0.2, 0) is 16.1 Å². The number of fused-ring (bicyclic) bond motifs is 2. The van der Waals surface area contributed by atoms with Crippen molar-refractivity contribution in [3.05, 3.63) is 54.0 Å². The number of rotatable bonds is 5. The molecule has 140 valence electrons. The summed E-state index contributed by atoms with van der Waals surface area (Å²) in [5.41, 5.74) is 2.26. The maximum atomic E-state index is 13.0. The predicted molar refractivity (Wildman–Crippen MR) is 99.2 cm³/mol.